The van der Waals surface area contributed by atoms with E-state index in [1.54, 1.807) is 18.3 Å². The highest BCUT2D eigenvalue weighted by Crippen LogP contribution is 2.48. The topological polar surface area (TPSA) is 64.6 Å². The molecule has 0 radical (unpaired) electrons. The van der Waals surface area contributed by atoms with Gasteiger partial charge in [0.2, 0.25) is 0 Å². The van der Waals surface area contributed by atoms with E-state index in [1.807, 2.05) is 31.2 Å². The van der Waals surface area contributed by atoms with Crippen LogP contribution >= 0.6 is 27.3 Å². The molecule has 0 unspecified atom stereocenters. The number of thiophene rings is 1. The molecule has 1 aliphatic heterocycles. The maximum absolute atomic E-state index is 13.4. The molecule has 0 saturated carbocycles. The number of benzene rings is 1. The number of dihydropyridines is 1. The van der Waals surface area contributed by atoms with Gasteiger partial charge in [0, 0.05) is 38.7 Å². The highest BCUT2D eigenvalue weighted by molar-refractivity contribution is 9.10. The Bertz CT molecular complexity index is 1210. The van der Waals surface area contributed by atoms with E-state index in [1.165, 1.54) is 0 Å². The molecule has 1 N–H and O–H groups in total. The number of aryl methyl sites for hydroxylation is 1. The second kappa shape index (κ2) is 9.70. The largest absolute Gasteiger partial charge is 0.488 e. The summed E-state index contributed by atoms with van der Waals surface area (Å²) in [5, 5.41) is 3.38. The molecule has 2 heterocycles. The lowest BCUT2D eigenvalue weighted by Crippen LogP contribution is -2.38. The van der Waals surface area contributed by atoms with Crippen molar-refractivity contribution in [2.45, 2.75) is 60.0 Å². The number of rotatable bonds is 6. The Hall–Kier alpha value is -2.38. The average molecular weight is 545 g/mol. The van der Waals surface area contributed by atoms with Gasteiger partial charge in [0.05, 0.1) is 22.6 Å². The minimum Gasteiger partial charge on any atom is -0.488 e. The molecule has 1 atom stereocenters. The monoisotopic (exact) mass is 543 g/mol. The third kappa shape index (κ3) is 4.86. The molecule has 1 aromatic carbocycles. The van der Waals surface area contributed by atoms with Crippen molar-refractivity contribution in [1.82, 2.24) is 5.32 Å². The Balaban J connectivity index is 1.74. The van der Waals surface area contributed by atoms with Crippen molar-refractivity contribution in [1.29, 1.82) is 0 Å². The van der Waals surface area contributed by atoms with Crippen LogP contribution in [-0.4, -0.2) is 18.4 Å². The van der Waals surface area contributed by atoms with Gasteiger partial charge in [-0.1, -0.05) is 26.0 Å². The normalized spacial score (nSPS) is 19.6. The van der Waals surface area contributed by atoms with Crippen LogP contribution < -0.4 is 10.1 Å². The van der Waals surface area contributed by atoms with E-state index in [2.05, 4.69) is 48.1 Å². The number of carbonyl (C=O) groups excluding carboxylic acids is 2. The van der Waals surface area contributed by atoms with Gasteiger partial charge in [-0.15, -0.1) is 11.3 Å². The molecular formula is C27H30BrNO4S. The molecule has 0 amide bonds. The zero-order valence-electron chi connectivity index (χ0n) is 20.2. The number of para-hydroxylation sites is 1. The van der Waals surface area contributed by atoms with Crippen LogP contribution in [0.1, 0.15) is 61.8 Å². The first kappa shape index (κ1) is 24.7. The highest BCUT2D eigenvalue weighted by atomic mass is 79.9. The molecule has 1 aromatic heterocycles. The lowest BCUT2D eigenvalue weighted by atomic mass is 9.70. The fourth-order valence-electron chi connectivity index (χ4n) is 4.75. The summed E-state index contributed by atoms with van der Waals surface area (Å²) in [6.45, 7) is 10.6. The van der Waals surface area contributed by atoms with Crippen molar-refractivity contribution in [3.63, 3.8) is 0 Å². The van der Waals surface area contributed by atoms with Gasteiger partial charge in [0.15, 0.2) is 5.78 Å². The second-order valence-electron chi connectivity index (χ2n) is 9.60. The van der Waals surface area contributed by atoms with E-state index in [0.29, 0.717) is 24.2 Å². The molecule has 2 aromatic rings. The van der Waals surface area contributed by atoms with Crippen LogP contribution in [0, 0.1) is 12.3 Å². The van der Waals surface area contributed by atoms with E-state index >= 15 is 0 Å². The zero-order valence-corrected chi connectivity index (χ0v) is 22.6. The van der Waals surface area contributed by atoms with Gasteiger partial charge >= 0.3 is 5.97 Å². The number of carbonyl (C=O) groups is 2. The Morgan fingerprint density at radius 2 is 1.97 bits per heavy atom. The molecule has 0 fully saturated rings. The van der Waals surface area contributed by atoms with Gasteiger partial charge in [-0.25, -0.2) is 4.79 Å². The van der Waals surface area contributed by atoms with Crippen LogP contribution in [0.2, 0.25) is 0 Å². The lowest BCUT2D eigenvalue weighted by Gasteiger charge is -2.39. The molecule has 180 valence electrons. The Labute approximate surface area is 213 Å². The molecule has 2 aliphatic rings. The van der Waals surface area contributed by atoms with Gasteiger partial charge in [-0.3, -0.25) is 4.79 Å². The standard InChI is InChI=1S/C27H30BrNO4S/c1-6-32-26(31)23-15(2)29-19-12-27(4,5)13-20(30)24(19)25(23)22-11-17(16(3)34-22)14-33-21-10-8-7-9-18(21)28/h7-11,25,29H,6,12-14H2,1-5H3/t25-/m0/s1. The van der Waals surface area contributed by atoms with Crippen LogP contribution in [0.3, 0.4) is 0 Å². The number of nitrogens with one attached hydrogen (secondary N) is 1. The summed E-state index contributed by atoms with van der Waals surface area (Å²) in [7, 11) is 0. The Morgan fingerprint density at radius 1 is 1.24 bits per heavy atom. The van der Waals surface area contributed by atoms with E-state index in [9.17, 15) is 9.59 Å². The molecule has 0 saturated heterocycles. The Morgan fingerprint density at radius 3 is 2.68 bits per heavy atom. The van der Waals surface area contributed by atoms with Crippen LogP contribution in [0.25, 0.3) is 0 Å². The number of ketones is 1. The average Bonchev–Trinajstić information content (AvgIpc) is 3.11. The number of hydrogen-bond donors (Lipinski definition) is 1. The van der Waals surface area contributed by atoms with Gasteiger partial charge in [-0.2, -0.15) is 0 Å². The minimum absolute atomic E-state index is 0.0927. The molecule has 1 aliphatic carbocycles. The zero-order chi connectivity index (χ0) is 24.6. The maximum atomic E-state index is 13.4. The van der Waals surface area contributed by atoms with Crippen molar-refractivity contribution in [2.75, 3.05) is 6.61 Å². The summed E-state index contributed by atoms with van der Waals surface area (Å²) >= 11 is 5.14. The fourth-order valence-corrected chi connectivity index (χ4v) is 6.30. The smallest absolute Gasteiger partial charge is 0.336 e. The van der Waals surface area contributed by atoms with Crippen molar-refractivity contribution < 1.29 is 19.1 Å². The Kier molecular flexibility index (Phi) is 7.06. The second-order valence-corrected chi connectivity index (χ2v) is 11.7. The molecule has 0 spiro atoms. The summed E-state index contributed by atoms with van der Waals surface area (Å²) in [6, 6.07) is 9.83. The van der Waals surface area contributed by atoms with Crippen molar-refractivity contribution in [3.05, 3.63) is 72.7 Å². The van der Waals surface area contributed by atoms with Crippen LogP contribution in [-0.2, 0) is 20.9 Å². The predicted molar refractivity (Wildman–Crippen MR) is 138 cm³/mol. The quantitative estimate of drug-likeness (QED) is 0.417. The predicted octanol–water partition coefficient (Wildman–Crippen LogP) is 6.57. The lowest BCUT2D eigenvalue weighted by molar-refractivity contribution is -0.138. The van der Waals surface area contributed by atoms with Crippen molar-refractivity contribution in [3.8, 4) is 5.75 Å². The maximum Gasteiger partial charge on any atom is 0.336 e. The van der Waals surface area contributed by atoms with Crippen molar-refractivity contribution in [2.24, 2.45) is 5.41 Å². The minimum atomic E-state index is -0.431. The first-order chi connectivity index (χ1) is 16.1. The fraction of sp³-hybridized carbons (Fsp3) is 0.407. The molecule has 7 heteroatoms. The van der Waals surface area contributed by atoms with Crippen LogP contribution in [0.4, 0.5) is 0 Å². The molecule has 0 bridgehead atoms. The SMILES string of the molecule is CCOC(=O)C1=C(C)NC2=C(C(=O)CC(C)(C)C2)[C@H]1c1cc(COc2ccccc2Br)c(C)s1. The van der Waals surface area contributed by atoms with Crippen LogP contribution in [0.5, 0.6) is 5.75 Å². The van der Waals surface area contributed by atoms with E-state index < -0.39 is 5.92 Å². The molecule has 5 nitrogen and oxygen atoms in total. The first-order valence-corrected chi connectivity index (χ1v) is 13.1. The van der Waals surface area contributed by atoms with Crippen LogP contribution in [0.15, 0.2) is 57.3 Å². The summed E-state index contributed by atoms with van der Waals surface area (Å²) in [5.74, 6) is 0.0582. The first-order valence-electron chi connectivity index (χ1n) is 11.5. The van der Waals surface area contributed by atoms with Gasteiger partial charge in [-0.05, 0) is 66.7 Å². The number of allylic oxidation sites excluding steroid dienone is 3. The number of Topliss-reactive ketones (excluding diaryl/α,β-unsaturated/α-hetero) is 1. The summed E-state index contributed by atoms with van der Waals surface area (Å²) in [6.07, 6.45) is 1.22. The van der Waals surface area contributed by atoms with Gasteiger partial charge in [0.25, 0.3) is 0 Å². The highest BCUT2D eigenvalue weighted by Gasteiger charge is 2.43. The van der Waals surface area contributed by atoms with E-state index in [4.69, 9.17) is 9.47 Å². The number of esters is 1. The molecule has 34 heavy (non-hydrogen) atoms. The van der Waals surface area contributed by atoms with E-state index in [0.717, 1.165) is 43.4 Å². The summed E-state index contributed by atoms with van der Waals surface area (Å²) < 4.78 is 12.4. The van der Waals surface area contributed by atoms with Gasteiger partial charge in [0.1, 0.15) is 12.4 Å². The number of hydrogen-bond acceptors (Lipinski definition) is 6. The third-order valence-corrected chi connectivity index (χ3v) is 8.09. The third-order valence-electron chi connectivity index (χ3n) is 6.28. The summed E-state index contributed by atoms with van der Waals surface area (Å²) in [5.41, 5.74) is 3.82. The number of ether oxygens (including phenoxy) is 2. The van der Waals surface area contributed by atoms with Crippen molar-refractivity contribution >= 4 is 39.0 Å². The number of halogens is 1. The van der Waals surface area contributed by atoms with Gasteiger partial charge < -0.3 is 14.8 Å². The summed E-state index contributed by atoms with van der Waals surface area (Å²) in [4.78, 5) is 28.5. The molecule has 4 rings (SSSR count). The molecular weight excluding hydrogens is 514 g/mol. The van der Waals surface area contributed by atoms with E-state index in [-0.39, 0.29) is 23.8 Å².